The van der Waals surface area contributed by atoms with Crippen LogP contribution in [0, 0.1) is 5.82 Å². The van der Waals surface area contributed by atoms with Gasteiger partial charge in [-0.15, -0.1) is 0 Å². The molecule has 0 atom stereocenters. The zero-order chi connectivity index (χ0) is 12.4. The van der Waals surface area contributed by atoms with E-state index >= 15 is 0 Å². The molecule has 2 aromatic rings. The number of nitrogens with zero attached hydrogens (tertiary/aromatic N) is 1. The number of rotatable bonds is 2. The van der Waals surface area contributed by atoms with Crippen LogP contribution in [0.4, 0.5) is 10.1 Å². The highest BCUT2D eigenvalue weighted by Crippen LogP contribution is 2.23. The van der Waals surface area contributed by atoms with Gasteiger partial charge in [0.05, 0.1) is 21.4 Å². The number of amides is 1. The van der Waals surface area contributed by atoms with Gasteiger partial charge in [-0.25, -0.2) is 4.39 Å². The monoisotopic (exact) mass is 317 g/mol. The predicted octanol–water partition coefficient (Wildman–Crippen LogP) is 3.22. The van der Waals surface area contributed by atoms with Crippen molar-refractivity contribution in [2.75, 3.05) is 5.32 Å². The third kappa shape index (κ3) is 2.65. The Kier molecular flexibility index (Phi) is 3.44. The van der Waals surface area contributed by atoms with Gasteiger partial charge in [-0.3, -0.25) is 9.89 Å². The summed E-state index contributed by atoms with van der Waals surface area (Å²) in [4.78, 5) is 11.8. The minimum Gasteiger partial charge on any atom is -0.319 e. The number of hydrogen-bond donors (Lipinski definition) is 2. The topological polar surface area (TPSA) is 57.8 Å². The van der Waals surface area contributed by atoms with E-state index in [2.05, 4.69) is 31.4 Å². The molecule has 2 N–H and O–H groups in total. The third-order valence-electron chi connectivity index (χ3n) is 2.00. The van der Waals surface area contributed by atoms with Crippen LogP contribution in [-0.4, -0.2) is 16.1 Å². The quantitative estimate of drug-likeness (QED) is 0.893. The molecule has 0 unspecified atom stereocenters. The standard InChI is InChI=1S/C10H6BrClFN3O/c11-6-4-14-16-9(6)10(17)15-8-2-1-5(13)3-7(8)12/h1-4H,(H,14,16)(H,15,17). The number of carbonyl (C=O) groups is 1. The molecule has 2 rings (SSSR count). The van der Waals surface area contributed by atoms with Crippen LogP contribution in [0.15, 0.2) is 28.9 Å². The Bertz CT molecular complexity index is 572. The summed E-state index contributed by atoms with van der Waals surface area (Å²) in [6.07, 6.45) is 1.46. The van der Waals surface area contributed by atoms with Crippen LogP contribution < -0.4 is 5.32 Å². The summed E-state index contributed by atoms with van der Waals surface area (Å²) in [5.41, 5.74) is 0.602. The molecule has 0 radical (unpaired) electrons. The van der Waals surface area contributed by atoms with Gasteiger partial charge in [-0.05, 0) is 34.1 Å². The van der Waals surface area contributed by atoms with Gasteiger partial charge in [0.15, 0.2) is 0 Å². The third-order valence-corrected chi connectivity index (χ3v) is 2.91. The largest absolute Gasteiger partial charge is 0.319 e. The Morgan fingerprint density at radius 3 is 2.88 bits per heavy atom. The van der Waals surface area contributed by atoms with Crippen molar-refractivity contribution in [1.29, 1.82) is 0 Å². The fourth-order valence-corrected chi connectivity index (χ4v) is 1.79. The molecule has 1 heterocycles. The molecule has 0 fully saturated rings. The first-order valence-electron chi connectivity index (χ1n) is 4.53. The molecule has 0 aliphatic heterocycles. The molecule has 1 aromatic carbocycles. The molecule has 1 amide bonds. The highest BCUT2D eigenvalue weighted by atomic mass is 79.9. The molecular formula is C10H6BrClFN3O. The van der Waals surface area contributed by atoms with Crippen LogP contribution in [0.2, 0.25) is 5.02 Å². The number of anilines is 1. The second kappa shape index (κ2) is 4.85. The number of carbonyl (C=O) groups excluding carboxylic acids is 1. The van der Waals surface area contributed by atoms with Crippen molar-refractivity contribution in [3.63, 3.8) is 0 Å². The number of halogens is 3. The van der Waals surface area contributed by atoms with Crippen LogP contribution in [0.5, 0.6) is 0 Å². The molecule has 0 aliphatic rings. The van der Waals surface area contributed by atoms with Gasteiger partial charge in [0, 0.05) is 0 Å². The normalized spacial score (nSPS) is 10.3. The summed E-state index contributed by atoms with van der Waals surface area (Å²) >= 11 is 8.95. The Labute approximate surface area is 109 Å². The van der Waals surface area contributed by atoms with Crippen LogP contribution in [0.1, 0.15) is 10.5 Å². The molecule has 0 spiro atoms. The van der Waals surface area contributed by atoms with Crippen LogP contribution in [-0.2, 0) is 0 Å². The lowest BCUT2D eigenvalue weighted by Crippen LogP contribution is -2.13. The number of aromatic nitrogens is 2. The van der Waals surface area contributed by atoms with Gasteiger partial charge in [0.25, 0.3) is 5.91 Å². The molecule has 7 heteroatoms. The number of nitrogens with one attached hydrogen (secondary N) is 2. The zero-order valence-electron chi connectivity index (χ0n) is 8.30. The lowest BCUT2D eigenvalue weighted by Gasteiger charge is -2.06. The van der Waals surface area contributed by atoms with Crippen LogP contribution in [0.25, 0.3) is 0 Å². The van der Waals surface area contributed by atoms with E-state index in [1.807, 2.05) is 0 Å². The molecule has 0 saturated carbocycles. The maximum absolute atomic E-state index is 12.8. The highest BCUT2D eigenvalue weighted by molar-refractivity contribution is 9.10. The van der Waals surface area contributed by atoms with Crippen molar-refractivity contribution < 1.29 is 9.18 Å². The summed E-state index contributed by atoms with van der Waals surface area (Å²) in [5.74, 6) is -0.876. The van der Waals surface area contributed by atoms with Crippen molar-refractivity contribution >= 4 is 39.1 Å². The number of hydrogen-bond acceptors (Lipinski definition) is 2. The first kappa shape index (κ1) is 12.1. The lowest BCUT2D eigenvalue weighted by atomic mass is 10.3. The van der Waals surface area contributed by atoms with E-state index in [0.29, 0.717) is 10.2 Å². The molecule has 0 bridgehead atoms. The van der Waals surface area contributed by atoms with Crippen molar-refractivity contribution in [2.45, 2.75) is 0 Å². The summed E-state index contributed by atoms with van der Waals surface area (Å²) in [5, 5.41) is 8.90. The number of H-pyrrole nitrogens is 1. The average molecular weight is 319 g/mol. The van der Waals surface area contributed by atoms with E-state index in [4.69, 9.17) is 11.6 Å². The zero-order valence-corrected chi connectivity index (χ0v) is 10.6. The van der Waals surface area contributed by atoms with Gasteiger partial charge in [0.1, 0.15) is 11.5 Å². The molecular weight excluding hydrogens is 312 g/mol. The van der Waals surface area contributed by atoms with Crippen molar-refractivity contribution in [3.05, 3.63) is 45.4 Å². The van der Waals surface area contributed by atoms with Crippen LogP contribution in [0.3, 0.4) is 0 Å². The van der Waals surface area contributed by atoms with Gasteiger partial charge < -0.3 is 5.32 Å². The molecule has 1 aromatic heterocycles. The average Bonchev–Trinajstić information content (AvgIpc) is 2.68. The Hall–Kier alpha value is -1.40. The van der Waals surface area contributed by atoms with Crippen LogP contribution >= 0.6 is 27.5 Å². The van der Waals surface area contributed by atoms with E-state index in [0.717, 1.165) is 6.07 Å². The smallest absolute Gasteiger partial charge is 0.274 e. The maximum atomic E-state index is 12.8. The van der Waals surface area contributed by atoms with E-state index in [1.165, 1.54) is 18.3 Å². The summed E-state index contributed by atoms with van der Waals surface area (Å²) in [7, 11) is 0. The fourth-order valence-electron chi connectivity index (χ4n) is 1.21. The van der Waals surface area contributed by atoms with E-state index < -0.39 is 11.7 Å². The second-order valence-corrected chi connectivity index (χ2v) is 4.43. The van der Waals surface area contributed by atoms with E-state index in [9.17, 15) is 9.18 Å². The van der Waals surface area contributed by atoms with Crippen molar-refractivity contribution in [2.24, 2.45) is 0 Å². The predicted molar refractivity (Wildman–Crippen MR) is 65.7 cm³/mol. The van der Waals surface area contributed by atoms with Gasteiger partial charge >= 0.3 is 0 Å². The maximum Gasteiger partial charge on any atom is 0.274 e. The molecule has 0 saturated heterocycles. The molecule has 0 aliphatic carbocycles. The first-order chi connectivity index (χ1) is 8.08. The molecule has 88 valence electrons. The first-order valence-corrected chi connectivity index (χ1v) is 5.70. The SMILES string of the molecule is O=C(Nc1ccc(F)cc1Cl)c1[nH]ncc1Br. The van der Waals surface area contributed by atoms with Crippen molar-refractivity contribution in [1.82, 2.24) is 10.2 Å². The lowest BCUT2D eigenvalue weighted by molar-refractivity contribution is 0.102. The second-order valence-electron chi connectivity index (χ2n) is 3.17. The van der Waals surface area contributed by atoms with Gasteiger partial charge in [-0.1, -0.05) is 11.6 Å². The fraction of sp³-hybridized carbons (Fsp3) is 0. The molecule has 4 nitrogen and oxygen atoms in total. The summed E-state index contributed by atoms with van der Waals surface area (Å²) < 4.78 is 13.3. The van der Waals surface area contributed by atoms with Crippen molar-refractivity contribution in [3.8, 4) is 0 Å². The summed E-state index contributed by atoms with van der Waals surface area (Å²) in [6, 6.07) is 3.72. The molecule has 17 heavy (non-hydrogen) atoms. The van der Waals surface area contributed by atoms with E-state index in [1.54, 1.807) is 0 Å². The van der Waals surface area contributed by atoms with E-state index in [-0.39, 0.29) is 10.7 Å². The number of aromatic amines is 1. The Morgan fingerprint density at radius 2 is 2.29 bits per heavy atom. The minimum atomic E-state index is -0.462. The number of benzene rings is 1. The van der Waals surface area contributed by atoms with Gasteiger partial charge in [0.2, 0.25) is 0 Å². The minimum absolute atomic E-state index is 0.133. The van der Waals surface area contributed by atoms with Gasteiger partial charge in [-0.2, -0.15) is 5.10 Å². The highest BCUT2D eigenvalue weighted by Gasteiger charge is 2.13. The Morgan fingerprint density at radius 1 is 1.53 bits per heavy atom. The Balaban J connectivity index is 2.22. The summed E-state index contributed by atoms with van der Waals surface area (Å²) in [6.45, 7) is 0.